The third kappa shape index (κ3) is 4.94. The lowest BCUT2D eigenvalue weighted by Crippen LogP contribution is -2.52. The molecule has 0 radical (unpaired) electrons. The van der Waals surface area contributed by atoms with Crippen LogP contribution >= 0.6 is 0 Å². The molecular formula is C29H35N3O4S. The van der Waals surface area contributed by atoms with Crippen LogP contribution in [0.5, 0.6) is 0 Å². The van der Waals surface area contributed by atoms with E-state index in [4.69, 9.17) is 4.74 Å². The summed E-state index contributed by atoms with van der Waals surface area (Å²) in [6, 6.07) is 15.4. The highest BCUT2D eigenvalue weighted by molar-refractivity contribution is 7.89. The van der Waals surface area contributed by atoms with Crippen molar-refractivity contribution in [3.05, 3.63) is 54.1 Å². The number of morpholine rings is 1. The minimum atomic E-state index is -3.67. The number of amides is 1. The molecule has 1 amide bonds. The summed E-state index contributed by atoms with van der Waals surface area (Å²) in [5, 5.41) is 1.02. The highest BCUT2D eigenvalue weighted by Crippen LogP contribution is 2.38. The van der Waals surface area contributed by atoms with E-state index in [9.17, 15) is 13.2 Å². The van der Waals surface area contributed by atoms with E-state index in [0.29, 0.717) is 38.5 Å². The standard InChI is InChI=1S/C29H35N3O4S/c1-19-25-14-13-24(17-26(25)30-28(19)21-5-3-2-4-6-21)37(34,35)31-23-11-9-22(10-12-23)29(33)32-15-16-36-18-27(32)20-7-8-20/h2-6,13-14,17,20,22-23,27,30-31H,7-12,15-16,18H2,1H3/t22-,23-,27?. The van der Waals surface area contributed by atoms with Crippen molar-refractivity contribution in [3.8, 4) is 11.3 Å². The molecule has 6 rings (SSSR count). The lowest BCUT2D eigenvalue weighted by Gasteiger charge is -2.39. The molecule has 3 aliphatic rings. The zero-order chi connectivity index (χ0) is 25.6. The maximum Gasteiger partial charge on any atom is 0.240 e. The van der Waals surface area contributed by atoms with Gasteiger partial charge in [-0.25, -0.2) is 13.1 Å². The number of aromatic nitrogens is 1. The van der Waals surface area contributed by atoms with Crippen LogP contribution in [0.1, 0.15) is 44.1 Å². The van der Waals surface area contributed by atoms with Crippen molar-refractivity contribution < 1.29 is 17.9 Å². The Morgan fingerprint density at radius 2 is 1.78 bits per heavy atom. The summed E-state index contributed by atoms with van der Waals surface area (Å²) in [6.45, 7) is 4.00. The fourth-order valence-electron chi connectivity index (χ4n) is 6.13. The fraction of sp³-hybridized carbons (Fsp3) is 0.483. The molecule has 1 aromatic heterocycles. The maximum absolute atomic E-state index is 13.3. The lowest BCUT2D eigenvalue weighted by molar-refractivity contribution is -0.146. The van der Waals surface area contributed by atoms with Crippen LogP contribution in [0.4, 0.5) is 0 Å². The van der Waals surface area contributed by atoms with E-state index in [1.54, 1.807) is 12.1 Å². The number of fused-ring (bicyclic) bond motifs is 1. The molecule has 1 aliphatic heterocycles. The zero-order valence-electron chi connectivity index (χ0n) is 21.3. The molecule has 196 valence electrons. The Morgan fingerprint density at radius 3 is 2.51 bits per heavy atom. The number of aryl methyl sites for hydroxylation is 1. The van der Waals surface area contributed by atoms with Gasteiger partial charge in [-0.15, -0.1) is 0 Å². The second-order valence-corrected chi connectivity index (χ2v) is 12.6. The summed E-state index contributed by atoms with van der Waals surface area (Å²) in [7, 11) is -3.67. The van der Waals surface area contributed by atoms with Crippen LogP contribution in [-0.4, -0.2) is 56.1 Å². The Morgan fingerprint density at radius 1 is 1.03 bits per heavy atom. The second-order valence-electron chi connectivity index (χ2n) is 10.9. The average Bonchev–Trinajstić information content (AvgIpc) is 3.72. The number of nitrogens with one attached hydrogen (secondary N) is 2. The summed E-state index contributed by atoms with van der Waals surface area (Å²) in [4.78, 5) is 19.0. The molecule has 0 spiro atoms. The molecular weight excluding hydrogens is 486 g/mol. The molecule has 2 aromatic carbocycles. The largest absolute Gasteiger partial charge is 0.377 e. The third-order valence-electron chi connectivity index (χ3n) is 8.42. The molecule has 2 N–H and O–H groups in total. The second kappa shape index (κ2) is 9.89. The Hall–Kier alpha value is -2.68. The highest BCUT2D eigenvalue weighted by Gasteiger charge is 2.41. The predicted molar refractivity (Wildman–Crippen MR) is 144 cm³/mol. The van der Waals surface area contributed by atoms with E-state index >= 15 is 0 Å². The first-order chi connectivity index (χ1) is 17.9. The maximum atomic E-state index is 13.3. The van der Waals surface area contributed by atoms with Crippen LogP contribution in [0.2, 0.25) is 0 Å². The smallest absolute Gasteiger partial charge is 0.240 e. The van der Waals surface area contributed by atoms with Gasteiger partial charge in [0.05, 0.1) is 24.2 Å². The predicted octanol–water partition coefficient (Wildman–Crippen LogP) is 4.62. The van der Waals surface area contributed by atoms with Crippen LogP contribution in [-0.2, 0) is 19.6 Å². The molecule has 2 saturated carbocycles. The van der Waals surface area contributed by atoms with Crippen molar-refractivity contribution >= 4 is 26.8 Å². The van der Waals surface area contributed by atoms with E-state index in [0.717, 1.165) is 40.6 Å². The summed E-state index contributed by atoms with van der Waals surface area (Å²) in [5.74, 6) is 0.815. The number of carbonyl (C=O) groups is 1. The third-order valence-corrected chi connectivity index (χ3v) is 9.93. The van der Waals surface area contributed by atoms with Crippen molar-refractivity contribution in [1.82, 2.24) is 14.6 Å². The zero-order valence-corrected chi connectivity index (χ0v) is 22.1. The summed E-state index contributed by atoms with van der Waals surface area (Å²) in [5.41, 5.74) is 3.99. The van der Waals surface area contributed by atoms with Gasteiger partial charge < -0.3 is 14.6 Å². The number of hydrogen-bond donors (Lipinski definition) is 2. The SMILES string of the molecule is Cc1c(-c2ccccc2)[nH]c2cc(S(=O)(=O)N[C@H]3CC[C@H](C(=O)N4CCOCC4C4CC4)CC3)ccc12. The van der Waals surface area contributed by atoms with Crippen LogP contribution in [0.25, 0.3) is 22.2 Å². The number of carbonyl (C=O) groups excluding carboxylic acids is 1. The minimum Gasteiger partial charge on any atom is -0.377 e. The highest BCUT2D eigenvalue weighted by atomic mass is 32.2. The average molecular weight is 522 g/mol. The van der Waals surface area contributed by atoms with Gasteiger partial charge in [0.1, 0.15) is 0 Å². The van der Waals surface area contributed by atoms with Crippen LogP contribution in [0.15, 0.2) is 53.4 Å². The van der Waals surface area contributed by atoms with E-state index in [1.165, 1.54) is 12.8 Å². The molecule has 2 heterocycles. The number of sulfonamides is 1. The van der Waals surface area contributed by atoms with Crippen molar-refractivity contribution in [2.75, 3.05) is 19.8 Å². The van der Waals surface area contributed by atoms with Gasteiger partial charge in [-0.2, -0.15) is 0 Å². The Bertz CT molecular complexity index is 1390. The van der Waals surface area contributed by atoms with E-state index in [1.807, 2.05) is 36.4 Å². The van der Waals surface area contributed by atoms with E-state index < -0.39 is 10.0 Å². The number of H-pyrrole nitrogens is 1. The Labute approximate surface area is 218 Å². The topological polar surface area (TPSA) is 91.5 Å². The number of ether oxygens (including phenoxy) is 1. The van der Waals surface area contributed by atoms with Gasteiger partial charge in [0.15, 0.2) is 0 Å². The van der Waals surface area contributed by atoms with Crippen LogP contribution in [0, 0.1) is 18.8 Å². The number of hydrogen-bond acceptors (Lipinski definition) is 4. The molecule has 3 aromatic rings. The van der Waals surface area contributed by atoms with Gasteiger partial charge in [-0.1, -0.05) is 36.4 Å². The van der Waals surface area contributed by atoms with Gasteiger partial charge in [-0.05, 0) is 74.6 Å². The van der Waals surface area contributed by atoms with Crippen molar-refractivity contribution in [2.45, 2.75) is 62.4 Å². The van der Waals surface area contributed by atoms with Gasteiger partial charge in [0, 0.05) is 35.1 Å². The van der Waals surface area contributed by atoms with Crippen LogP contribution < -0.4 is 4.72 Å². The first kappa shape index (κ1) is 24.6. The van der Waals surface area contributed by atoms with Gasteiger partial charge in [0.2, 0.25) is 15.9 Å². The molecule has 3 fully saturated rings. The summed E-state index contributed by atoms with van der Waals surface area (Å²) in [6.07, 6.45) is 5.17. The Balaban J connectivity index is 1.12. The van der Waals surface area contributed by atoms with Crippen LogP contribution in [0.3, 0.4) is 0 Å². The number of rotatable bonds is 6. The van der Waals surface area contributed by atoms with Gasteiger partial charge in [-0.3, -0.25) is 4.79 Å². The number of nitrogens with zero attached hydrogens (tertiary/aromatic N) is 1. The molecule has 1 unspecified atom stereocenters. The van der Waals surface area contributed by atoms with Crippen molar-refractivity contribution in [3.63, 3.8) is 0 Å². The lowest BCUT2D eigenvalue weighted by atomic mass is 9.85. The van der Waals surface area contributed by atoms with Crippen molar-refractivity contribution in [1.29, 1.82) is 0 Å². The minimum absolute atomic E-state index is 0.0187. The Kier molecular flexibility index (Phi) is 6.59. The van der Waals surface area contributed by atoms with Crippen molar-refractivity contribution in [2.24, 2.45) is 11.8 Å². The first-order valence-electron chi connectivity index (χ1n) is 13.5. The molecule has 1 saturated heterocycles. The molecule has 8 heteroatoms. The normalized spacial score (nSPS) is 24.9. The molecule has 37 heavy (non-hydrogen) atoms. The van der Waals surface area contributed by atoms with Gasteiger partial charge in [0.25, 0.3) is 0 Å². The van der Waals surface area contributed by atoms with E-state index in [2.05, 4.69) is 21.5 Å². The first-order valence-corrected chi connectivity index (χ1v) is 15.0. The molecule has 2 aliphatic carbocycles. The monoisotopic (exact) mass is 521 g/mol. The quantitative estimate of drug-likeness (QED) is 0.495. The molecule has 7 nitrogen and oxygen atoms in total. The fourth-order valence-corrected chi connectivity index (χ4v) is 7.46. The summed E-state index contributed by atoms with van der Waals surface area (Å²) >= 11 is 0. The number of aromatic amines is 1. The molecule has 1 atom stereocenters. The number of benzene rings is 2. The van der Waals surface area contributed by atoms with E-state index in [-0.39, 0.29) is 28.8 Å². The van der Waals surface area contributed by atoms with Gasteiger partial charge >= 0.3 is 0 Å². The molecule has 0 bridgehead atoms. The summed E-state index contributed by atoms with van der Waals surface area (Å²) < 4.78 is 35.1.